The van der Waals surface area contributed by atoms with Crippen LogP contribution in [0.25, 0.3) is 0 Å². The second-order valence-electron chi connectivity index (χ2n) is 5.31. The van der Waals surface area contributed by atoms with E-state index >= 15 is 0 Å². The Bertz CT molecular complexity index is 782. The van der Waals surface area contributed by atoms with Crippen LogP contribution in [0.3, 0.4) is 0 Å². The number of ether oxygens (including phenoxy) is 1. The van der Waals surface area contributed by atoms with Gasteiger partial charge in [0, 0.05) is 22.6 Å². The molecule has 0 bridgehead atoms. The Morgan fingerprint density at radius 2 is 1.67 bits per heavy atom. The second kappa shape index (κ2) is 7.36. The summed E-state index contributed by atoms with van der Waals surface area (Å²) in [6.45, 7) is 2.42. The Balaban J connectivity index is 1.71. The average molecular weight is 339 g/mol. The minimum absolute atomic E-state index is 0.0386. The SMILES string of the molecule is CC1=C(C(=O)Nc2ccc(C(=O)c3ccccc3)cc2)SCCO1. The minimum atomic E-state index is -0.181. The number of hydrogen-bond acceptors (Lipinski definition) is 4. The number of ketones is 1. The molecule has 2 aromatic carbocycles. The Labute approximate surface area is 144 Å². The first kappa shape index (κ1) is 16.3. The maximum Gasteiger partial charge on any atom is 0.265 e. The van der Waals surface area contributed by atoms with E-state index in [1.54, 1.807) is 43.3 Å². The molecule has 1 N–H and O–H groups in total. The molecule has 4 nitrogen and oxygen atoms in total. The van der Waals surface area contributed by atoms with Crippen molar-refractivity contribution >= 4 is 29.1 Å². The molecule has 0 aliphatic carbocycles. The van der Waals surface area contributed by atoms with E-state index in [-0.39, 0.29) is 11.7 Å². The molecule has 0 unspecified atom stereocenters. The molecule has 5 heteroatoms. The number of anilines is 1. The van der Waals surface area contributed by atoms with Crippen molar-refractivity contribution < 1.29 is 14.3 Å². The highest BCUT2D eigenvalue weighted by Gasteiger charge is 2.19. The van der Waals surface area contributed by atoms with Gasteiger partial charge in [-0.2, -0.15) is 0 Å². The summed E-state index contributed by atoms with van der Waals surface area (Å²) in [7, 11) is 0. The molecule has 1 amide bonds. The van der Waals surface area contributed by atoms with Gasteiger partial charge in [0.25, 0.3) is 5.91 Å². The smallest absolute Gasteiger partial charge is 0.265 e. The highest BCUT2D eigenvalue weighted by molar-refractivity contribution is 8.04. The summed E-state index contributed by atoms with van der Waals surface area (Å²) in [6, 6.07) is 16.0. The van der Waals surface area contributed by atoms with Gasteiger partial charge in [0.1, 0.15) is 10.7 Å². The average Bonchev–Trinajstić information content (AvgIpc) is 2.63. The van der Waals surface area contributed by atoms with Crippen LogP contribution in [-0.4, -0.2) is 24.1 Å². The molecule has 122 valence electrons. The van der Waals surface area contributed by atoms with E-state index in [9.17, 15) is 9.59 Å². The zero-order valence-electron chi connectivity index (χ0n) is 13.2. The predicted octanol–water partition coefficient (Wildman–Crippen LogP) is 3.85. The molecule has 0 saturated heterocycles. The third kappa shape index (κ3) is 3.68. The lowest BCUT2D eigenvalue weighted by Gasteiger charge is -2.17. The summed E-state index contributed by atoms with van der Waals surface area (Å²) in [5.74, 6) is 1.20. The van der Waals surface area contributed by atoms with E-state index in [4.69, 9.17) is 4.74 Å². The topological polar surface area (TPSA) is 55.4 Å². The monoisotopic (exact) mass is 339 g/mol. The van der Waals surface area contributed by atoms with Crippen LogP contribution in [0.1, 0.15) is 22.8 Å². The number of hydrogen-bond donors (Lipinski definition) is 1. The number of amides is 1. The third-order valence-electron chi connectivity index (χ3n) is 3.62. The molecule has 24 heavy (non-hydrogen) atoms. The van der Waals surface area contributed by atoms with Crippen LogP contribution in [0.5, 0.6) is 0 Å². The highest BCUT2D eigenvalue weighted by Crippen LogP contribution is 2.26. The van der Waals surface area contributed by atoms with Crippen LogP contribution < -0.4 is 5.32 Å². The second-order valence-corrected chi connectivity index (χ2v) is 6.41. The summed E-state index contributed by atoms with van der Waals surface area (Å²) in [5.41, 5.74) is 1.88. The van der Waals surface area contributed by atoms with Crippen molar-refractivity contribution in [2.45, 2.75) is 6.92 Å². The van der Waals surface area contributed by atoms with Gasteiger partial charge in [-0.05, 0) is 31.2 Å². The fourth-order valence-electron chi connectivity index (χ4n) is 2.38. The van der Waals surface area contributed by atoms with Crippen molar-refractivity contribution in [3.05, 3.63) is 76.4 Å². The summed E-state index contributed by atoms with van der Waals surface area (Å²) in [4.78, 5) is 25.2. The van der Waals surface area contributed by atoms with Gasteiger partial charge in [-0.15, -0.1) is 11.8 Å². The molecule has 0 radical (unpaired) electrons. The lowest BCUT2D eigenvalue weighted by atomic mass is 10.0. The normalized spacial score (nSPS) is 14.0. The molecule has 1 heterocycles. The molecule has 1 aliphatic rings. The molecule has 0 fully saturated rings. The summed E-state index contributed by atoms with van der Waals surface area (Å²) < 4.78 is 5.40. The largest absolute Gasteiger partial charge is 0.496 e. The molecular formula is C19H17NO3S. The van der Waals surface area contributed by atoms with E-state index in [1.807, 2.05) is 18.2 Å². The van der Waals surface area contributed by atoms with Gasteiger partial charge in [0.2, 0.25) is 0 Å². The van der Waals surface area contributed by atoms with Gasteiger partial charge >= 0.3 is 0 Å². The van der Waals surface area contributed by atoms with Crippen LogP contribution in [0.2, 0.25) is 0 Å². The van der Waals surface area contributed by atoms with Gasteiger partial charge in [0.05, 0.1) is 6.61 Å². The molecule has 3 rings (SSSR count). The quantitative estimate of drug-likeness (QED) is 0.860. The molecular weight excluding hydrogens is 322 g/mol. The van der Waals surface area contributed by atoms with Gasteiger partial charge in [0.15, 0.2) is 5.78 Å². The van der Waals surface area contributed by atoms with E-state index in [0.29, 0.717) is 34.1 Å². The van der Waals surface area contributed by atoms with Crippen LogP contribution in [-0.2, 0) is 9.53 Å². The predicted molar refractivity (Wildman–Crippen MR) is 96.1 cm³/mol. The van der Waals surface area contributed by atoms with Crippen molar-refractivity contribution in [1.82, 2.24) is 0 Å². The van der Waals surface area contributed by atoms with Crippen molar-refractivity contribution in [1.29, 1.82) is 0 Å². The molecule has 0 aromatic heterocycles. The third-order valence-corrected chi connectivity index (χ3v) is 4.75. The van der Waals surface area contributed by atoms with Crippen molar-refractivity contribution in [2.75, 3.05) is 17.7 Å². The minimum Gasteiger partial charge on any atom is -0.496 e. The van der Waals surface area contributed by atoms with Crippen molar-refractivity contribution in [3.63, 3.8) is 0 Å². The number of benzene rings is 2. The maximum absolute atomic E-state index is 12.4. The lowest BCUT2D eigenvalue weighted by molar-refractivity contribution is -0.112. The number of carbonyl (C=O) groups is 2. The fourth-order valence-corrected chi connectivity index (χ4v) is 3.20. The van der Waals surface area contributed by atoms with Crippen LogP contribution in [0.15, 0.2) is 65.3 Å². The van der Waals surface area contributed by atoms with Gasteiger partial charge in [-0.3, -0.25) is 9.59 Å². The molecule has 0 saturated carbocycles. The first-order valence-corrected chi connectivity index (χ1v) is 8.61. The zero-order chi connectivity index (χ0) is 16.9. The number of allylic oxidation sites excluding steroid dienone is 1. The van der Waals surface area contributed by atoms with Crippen LogP contribution in [0.4, 0.5) is 5.69 Å². The lowest BCUT2D eigenvalue weighted by Crippen LogP contribution is -2.18. The van der Waals surface area contributed by atoms with Gasteiger partial charge in [-0.25, -0.2) is 0 Å². The standard InChI is InChI=1S/C19H17NO3S/c1-13-18(24-12-11-23-13)19(22)20-16-9-7-15(8-10-16)17(21)14-5-3-2-4-6-14/h2-10H,11-12H2,1H3,(H,20,22). The van der Waals surface area contributed by atoms with E-state index < -0.39 is 0 Å². The Morgan fingerprint density at radius 1 is 1.00 bits per heavy atom. The molecule has 1 aliphatic heterocycles. The summed E-state index contributed by atoms with van der Waals surface area (Å²) in [6.07, 6.45) is 0. The van der Waals surface area contributed by atoms with Crippen molar-refractivity contribution in [3.8, 4) is 0 Å². The zero-order valence-corrected chi connectivity index (χ0v) is 14.1. The maximum atomic E-state index is 12.4. The van der Waals surface area contributed by atoms with Gasteiger partial charge < -0.3 is 10.1 Å². The number of carbonyl (C=O) groups excluding carboxylic acids is 2. The summed E-state index contributed by atoms with van der Waals surface area (Å²) >= 11 is 1.49. The molecule has 2 aromatic rings. The summed E-state index contributed by atoms with van der Waals surface area (Å²) in [5, 5.41) is 2.84. The Morgan fingerprint density at radius 3 is 2.33 bits per heavy atom. The number of nitrogens with one attached hydrogen (secondary N) is 1. The van der Waals surface area contributed by atoms with Crippen LogP contribution >= 0.6 is 11.8 Å². The van der Waals surface area contributed by atoms with E-state index in [2.05, 4.69) is 5.32 Å². The van der Waals surface area contributed by atoms with Gasteiger partial charge in [-0.1, -0.05) is 30.3 Å². The number of rotatable bonds is 4. The van der Waals surface area contributed by atoms with Crippen molar-refractivity contribution in [2.24, 2.45) is 0 Å². The fraction of sp³-hybridized carbons (Fsp3) is 0.158. The van der Waals surface area contributed by atoms with E-state index in [1.165, 1.54) is 11.8 Å². The number of thioether (sulfide) groups is 1. The molecule has 0 spiro atoms. The van der Waals surface area contributed by atoms with Crippen LogP contribution in [0, 0.1) is 0 Å². The Kier molecular flexibility index (Phi) is 5.01. The first-order valence-electron chi connectivity index (χ1n) is 7.63. The molecule has 0 atom stereocenters. The highest BCUT2D eigenvalue weighted by atomic mass is 32.2. The first-order chi connectivity index (χ1) is 11.6. The Hall–Kier alpha value is -2.53. The van der Waals surface area contributed by atoms with E-state index in [0.717, 1.165) is 5.75 Å².